The molecule has 1 rings (SSSR count). The number of para-hydroxylation sites is 2. The Morgan fingerprint density at radius 2 is 1.84 bits per heavy atom. The zero-order chi connectivity index (χ0) is 14.5. The van der Waals surface area contributed by atoms with Crippen molar-refractivity contribution >= 4 is 21.2 Å². The summed E-state index contributed by atoms with van der Waals surface area (Å²) in [6, 6.07) is 7.58. The third-order valence-corrected chi connectivity index (χ3v) is 5.32. The first-order valence-electron chi connectivity index (χ1n) is 6.69. The molecule has 0 heterocycles. The van der Waals surface area contributed by atoms with Crippen LogP contribution in [0.5, 0.6) is 0 Å². The van der Waals surface area contributed by atoms with Crippen LogP contribution >= 0.6 is 0 Å². The normalized spacial score (nSPS) is 11.8. The van der Waals surface area contributed by atoms with E-state index in [1.54, 1.807) is 13.8 Å². The fraction of sp³-hybridized carbons (Fsp3) is 0.571. The number of nitrogens with two attached hydrogens (primary N) is 1. The van der Waals surface area contributed by atoms with Crippen LogP contribution in [0.2, 0.25) is 0 Å². The van der Waals surface area contributed by atoms with Crippen molar-refractivity contribution in [1.29, 1.82) is 0 Å². The molecular weight excluding hydrogens is 260 g/mol. The van der Waals surface area contributed by atoms with E-state index in [2.05, 4.69) is 11.8 Å². The highest BCUT2D eigenvalue weighted by molar-refractivity contribution is 7.92. The van der Waals surface area contributed by atoms with Crippen molar-refractivity contribution in [1.82, 2.24) is 0 Å². The lowest BCUT2D eigenvalue weighted by atomic mass is 10.2. The first-order valence-corrected chi connectivity index (χ1v) is 8.41. The molecule has 0 aliphatic carbocycles. The Labute approximate surface area is 116 Å². The summed E-state index contributed by atoms with van der Waals surface area (Å²) >= 11 is 0. The molecule has 108 valence electrons. The Balaban J connectivity index is 2.83. The van der Waals surface area contributed by atoms with Crippen LogP contribution in [0.4, 0.5) is 11.4 Å². The third-order valence-electron chi connectivity index (χ3n) is 3.13. The maximum absolute atomic E-state index is 11.9. The maximum atomic E-state index is 11.9. The highest BCUT2D eigenvalue weighted by Crippen LogP contribution is 2.22. The van der Waals surface area contributed by atoms with Crippen LogP contribution in [0.3, 0.4) is 0 Å². The molecule has 0 atom stereocenters. The van der Waals surface area contributed by atoms with E-state index in [1.165, 1.54) is 0 Å². The average molecular weight is 284 g/mol. The number of hydrogen-bond acceptors (Lipinski definition) is 4. The predicted octanol–water partition coefficient (Wildman–Crippen LogP) is 2.31. The van der Waals surface area contributed by atoms with Gasteiger partial charge in [0.25, 0.3) is 0 Å². The van der Waals surface area contributed by atoms with Crippen molar-refractivity contribution in [2.75, 3.05) is 29.5 Å². The van der Waals surface area contributed by atoms with Crippen LogP contribution < -0.4 is 10.6 Å². The van der Waals surface area contributed by atoms with E-state index in [-0.39, 0.29) is 11.0 Å². The van der Waals surface area contributed by atoms with E-state index in [1.807, 2.05) is 24.3 Å². The van der Waals surface area contributed by atoms with Gasteiger partial charge in [0, 0.05) is 13.1 Å². The van der Waals surface area contributed by atoms with E-state index in [0.717, 1.165) is 18.7 Å². The van der Waals surface area contributed by atoms with E-state index in [0.29, 0.717) is 12.2 Å². The number of benzene rings is 1. The Kier molecular flexibility index (Phi) is 5.66. The van der Waals surface area contributed by atoms with Crippen LogP contribution in [-0.4, -0.2) is 32.5 Å². The fourth-order valence-electron chi connectivity index (χ4n) is 1.87. The van der Waals surface area contributed by atoms with E-state index in [4.69, 9.17) is 5.73 Å². The minimum Gasteiger partial charge on any atom is -0.397 e. The van der Waals surface area contributed by atoms with Gasteiger partial charge < -0.3 is 10.6 Å². The molecule has 0 saturated carbocycles. The molecule has 4 nitrogen and oxygen atoms in total. The minimum atomic E-state index is -3.01. The van der Waals surface area contributed by atoms with Gasteiger partial charge in [0.05, 0.1) is 22.4 Å². The molecule has 0 spiro atoms. The van der Waals surface area contributed by atoms with Crippen molar-refractivity contribution in [3.8, 4) is 0 Å². The zero-order valence-corrected chi connectivity index (χ0v) is 12.8. The van der Waals surface area contributed by atoms with E-state index in [9.17, 15) is 8.42 Å². The minimum absolute atomic E-state index is 0.166. The Bertz CT molecular complexity index is 498. The Morgan fingerprint density at radius 1 is 1.21 bits per heavy atom. The van der Waals surface area contributed by atoms with Gasteiger partial charge in [-0.2, -0.15) is 0 Å². The molecule has 1 aromatic carbocycles. The van der Waals surface area contributed by atoms with Gasteiger partial charge in [0.2, 0.25) is 0 Å². The third kappa shape index (κ3) is 4.42. The van der Waals surface area contributed by atoms with Crippen LogP contribution in [0.25, 0.3) is 0 Å². The van der Waals surface area contributed by atoms with Gasteiger partial charge in [-0.15, -0.1) is 0 Å². The summed E-state index contributed by atoms with van der Waals surface area (Å²) in [5, 5.41) is -0.330. The highest BCUT2D eigenvalue weighted by atomic mass is 32.2. The van der Waals surface area contributed by atoms with Gasteiger partial charge in [-0.1, -0.05) is 19.1 Å². The molecule has 2 N–H and O–H groups in total. The van der Waals surface area contributed by atoms with Crippen molar-refractivity contribution in [3.05, 3.63) is 24.3 Å². The Hall–Kier alpha value is -1.23. The molecule has 0 bridgehead atoms. The van der Waals surface area contributed by atoms with Crippen molar-refractivity contribution in [2.45, 2.75) is 32.4 Å². The van der Waals surface area contributed by atoms with Crippen LogP contribution in [-0.2, 0) is 9.84 Å². The van der Waals surface area contributed by atoms with E-state index >= 15 is 0 Å². The molecular formula is C14H24N2O2S. The zero-order valence-electron chi connectivity index (χ0n) is 12.0. The summed E-state index contributed by atoms with van der Waals surface area (Å²) < 4.78 is 23.8. The molecule has 1 aromatic rings. The molecule has 19 heavy (non-hydrogen) atoms. The average Bonchev–Trinajstić information content (AvgIpc) is 2.35. The molecule has 0 aliphatic heterocycles. The smallest absolute Gasteiger partial charge is 0.154 e. The predicted molar refractivity (Wildman–Crippen MR) is 82.3 cm³/mol. The van der Waals surface area contributed by atoms with Crippen molar-refractivity contribution < 1.29 is 8.42 Å². The van der Waals surface area contributed by atoms with Gasteiger partial charge in [0.1, 0.15) is 0 Å². The van der Waals surface area contributed by atoms with Gasteiger partial charge in [-0.05, 0) is 32.4 Å². The molecule has 0 fully saturated rings. The first-order chi connectivity index (χ1) is 8.88. The van der Waals surface area contributed by atoms with Gasteiger partial charge >= 0.3 is 0 Å². The number of nitrogens with zero attached hydrogens (tertiary/aromatic N) is 1. The standard InChI is InChI=1S/C14H24N2O2S/c1-4-9-16(10-11-19(17,18)12(2)3)14-8-6-5-7-13(14)15/h5-8,12H,4,9-11,15H2,1-3H3. The summed E-state index contributed by atoms with van der Waals surface area (Å²) in [5.74, 6) is 0.166. The van der Waals surface area contributed by atoms with Crippen LogP contribution in [0, 0.1) is 0 Å². The van der Waals surface area contributed by atoms with Gasteiger partial charge in [0.15, 0.2) is 9.84 Å². The Morgan fingerprint density at radius 3 is 2.37 bits per heavy atom. The number of nitrogen functional groups attached to an aromatic ring is 1. The topological polar surface area (TPSA) is 63.4 Å². The van der Waals surface area contributed by atoms with Crippen molar-refractivity contribution in [3.63, 3.8) is 0 Å². The van der Waals surface area contributed by atoms with Gasteiger partial charge in [-0.3, -0.25) is 0 Å². The van der Waals surface area contributed by atoms with Crippen LogP contribution in [0.1, 0.15) is 27.2 Å². The molecule has 0 unspecified atom stereocenters. The highest BCUT2D eigenvalue weighted by Gasteiger charge is 2.18. The summed E-state index contributed by atoms with van der Waals surface area (Å²) in [6.45, 7) is 6.81. The lowest BCUT2D eigenvalue weighted by Gasteiger charge is -2.26. The summed E-state index contributed by atoms with van der Waals surface area (Å²) in [7, 11) is -3.01. The molecule has 0 saturated heterocycles. The number of hydrogen-bond donors (Lipinski definition) is 1. The lowest BCUT2D eigenvalue weighted by Crippen LogP contribution is -2.32. The van der Waals surface area contributed by atoms with Gasteiger partial charge in [-0.25, -0.2) is 8.42 Å². The number of sulfone groups is 1. The summed E-state index contributed by atoms with van der Waals surface area (Å²) in [4.78, 5) is 2.05. The molecule has 0 aromatic heterocycles. The quantitative estimate of drug-likeness (QED) is 0.780. The number of anilines is 2. The molecule has 0 amide bonds. The fourth-order valence-corrected chi connectivity index (χ4v) is 2.82. The maximum Gasteiger partial charge on any atom is 0.154 e. The second-order valence-corrected chi connectivity index (χ2v) is 7.64. The second-order valence-electron chi connectivity index (χ2n) is 4.96. The lowest BCUT2D eigenvalue weighted by molar-refractivity contribution is 0.585. The first kappa shape index (κ1) is 15.8. The molecule has 0 aliphatic rings. The molecule has 5 heteroatoms. The van der Waals surface area contributed by atoms with E-state index < -0.39 is 9.84 Å². The number of rotatable bonds is 7. The molecule has 0 radical (unpaired) electrons. The SMILES string of the molecule is CCCN(CCS(=O)(=O)C(C)C)c1ccccc1N. The summed E-state index contributed by atoms with van der Waals surface area (Å²) in [5.41, 5.74) is 7.57. The second kappa shape index (κ2) is 6.80. The largest absolute Gasteiger partial charge is 0.397 e. The monoisotopic (exact) mass is 284 g/mol. The van der Waals surface area contributed by atoms with Crippen LogP contribution in [0.15, 0.2) is 24.3 Å². The van der Waals surface area contributed by atoms with Crippen molar-refractivity contribution in [2.24, 2.45) is 0 Å². The summed E-state index contributed by atoms with van der Waals surface area (Å²) in [6.07, 6.45) is 0.954.